The van der Waals surface area contributed by atoms with Crippen molar-refractivity contribution < 1.29 is 27.5 Å². The van der Waals surface area contributed by atoms with E-state index in [1.165, 1.54) is 0 Å². The Hall–Kier alpha value is -2.16. The lowest BCUT2D eigenvalue weighted by Gasteiger charge is -2.11. The smallest absolute Gasteiger partial charge is 0.323 e. The molecular formula is C10H11FN2O5S. The van der Waals surface area contributed by atoms with Crippen LogP contribution in [0.5, 0.6) is 0 Å². The van der Waals surface area contributed by atoms with Gasteiger partial charge in [-0.25, -0.2) is 12.8 Å². The van der Waals surface area contributed by atoms with Crippen molar-refractivity contribution in [1.82, 2.24) is 0 Å². The van der Waals surface area contributed by atoms with Crippen LogP contribution in [0.4, 0.5) is 10.1 Å². The van der Waals surface area contributed by atoms with Crippen molar-refractivity contribution in [3.63, 3.8) is 0 Å². The highest BCUT2D eigenvalue weighted by Crippen LogP contribution is 2.17. The van der Waals surface area contributed by atoms with E-state index in [1.54, 1.807) is 0 Å². The number of hydrogen-bond acceptors (Lipinski definition) is 4. The van der Waals surface area contributed by atoms with Crippen molar-refractivity contribution >= 4 is 27.6 Å². The van der Waals surface area contributed by atoms with Crippen molar-refractivity contribution in [2.24, 2.45) is 5.73 Å². The van der Waals surface area contributed by atoms with Crippen LogP contribution in [0, 0.1) is 5.82 Å². The normalized spacial score (nSPS) is 12.7. The summed E-state index contributed by atoms with van der Waals surface area (Å²) in [6.45, 7) is 0.975. The first-order chi connectivity index (χ1) is 8.65. The van der Waals surface area contributed by atoms with E-state index >= 15 is 0 Å². The molecule has 4 N–H and O–H groups in total. The number of halogens is 1. The van der Waals surface area contributed by atoms with Gasteiger partial charge in [0.15, 0.2) is 5.25 Å². The third kappa shape index (κ3) is 3.41. The van der Waals surface area contributed by atoms with Gasteiger partial charge in [-0.3, -0.25) is 14.3 Å². The summed E-state index contributed by atoms with van der Waals surface area (Å²) in [6, 6.07) is 2.79. The molecule has 0 fully saturated rings. The first kappa shape index (κ1) is 14.9. The predicted molar refractivity (Wildman–Crippen MR) is 64.6 cm³/mol. The molecule has 1 atom stereocenters. The molecule has 0 heterocycles. The summed E-state index contributed by atoms with van der Waals surface area (Å²) in [5, 5.41) is 6.93. The van der Waals surface area contributed by atoms with E-state index in [0.29, 0.717) is 0 Å². The molecule has 1 aromatic rings. The van der Waals surface area contributed by atoms with Crippen molar-refractivity contribution in [2.75, 3.05) is 4.72 Å². The Bertz CT molecular complexity index is 629. The molecule has 0 radical (unpaired) electrons. The summed E-state index contributed by atoms with van der Waals surface area (Å²) in [4.78, 5) is 21.5. The lowest BCUT2D eigenvalue weighted by atomic mass is 10.2. The second-order valence-corrected chi connectivity index (χ2v) is 5.69. The van der Waals surface area contributed by atoms with E-state index < -0.39 is 38.5 Å². The van der Waals surface area contributed by atoms with Gasteiger partial charge in [-0.1, -0.05) is 0 Å². The predicted octanol–water partition coefficient (Wildman–Crippen LogP) is 0.139. The van der Waals surface area contributed by atoms with E-state index in [0.717, 1.165) is 25.1 Å². The van der Waals surface area contributed by atoms with Crippen LogP contribution in [-0.2, 0) is 14.8 Å². The highest BCUT2D eigenvalue weighted by molar-refractivity contribution is 7.94. The van der Waals surface area contributed by atoms with E-state index in [4.69, 9.17) is 10.8 Å². The Morgan fingerprint density at radius 2 is 2.00 bits per heavy atom. The van der Waals surface area contributed by atoms with E-state index in [-0.39, 0.29) is 5.69 Å². The topological polar surface area (TPSA) is 127 Å². The maximum atomic E-state index is 13.2. The van der Waals surface area contributed by atoms with Gasteiger partial charge in [-0.05, 0) is 25.1 Å². The average Bonchev–Trinajstić information content (AvgIpc) is 2.29. The minimum atomic E-state index is -4.19. The molecule has 0 aliphatic rings. The number of rotatable bonds is 5. The molecular weight excluding hydrogens is 279 g/mol. The second kappa shape index (κ2) is 5.22. The molecule has 1 aromatic carbocycles. The molecule has 9 heteroatoms. The molecule has 1 amide bonds. The minimum absolute atomic E-state index is 0.150. The highest BCUT2D eigenvalue weighted by Gasteiger charge is 2.27. The second-order valence-electron chi connectivity index (χ2n) is 3.69. The van der Waals surface area contributed by atoms with Crippen LogP contribution < -0.4 is 10.5 Å². The quantitative estimate of drug-likeness (QED) is 0.711. The highest BCUT2D eigenvalue weighted by atomic mass is 32.2. The molecule has 0 saturated carbocycles. The first-order valence-corrected chi connectivity index (χ1v) is 6.53. The standard InChI is InChI=1S/C10H11FN2O5S/c1-5(10(15)16)19(17,18)13-6-2-3-8(11)7(4-6)9(12)14/h2-5,13H,1H3,(H2,12,14)(H,15,16). The molecule has 0 saturated heterocycles. The summed E-state index contributed by atoms with van der Waals surface area (Å²) in [5.41, 5.74) is 4.26. The van der Waals surface area contributed by atoms with Gasteiger partial charge in [0.05, 0.1) is 5.56 Å². The van der Waals surface area contributed by atoms with Gasteiger partial charge in [0.1, 0.15) is 5.82 Å². The van der Waals surface area contributed by atoms with Gasteiger partial charge >= 0.3 is 5.97 Å². The van der Waals surface area contributed by atoms with Crippen LogP contribution in [0.25, 0.3) is 0 Å². The van der Waals surface area contributed by atoms with Crippen LogP contribution >= 0.6 is 0 Å². The van der Waals surface area contributed by atoms with Crippen molar-refractivity contribution in [2.45, 2.75) is 12.2 Å². The Kier molecular flexibility index (Phi) is 4.10. The molecule has 0 aliphatic carbocycles. The Morgan fingerprint density at radius 3 is 2.47 bits per heavy atom. The summed E-state index contributed by atoms with van der Waals surface area (Å²) >= 11 is 0. The molecule has 7 nitrogen and oxygen atoms in total. The minimum Gasteiger partial charge on any atom is -0.480 e. The number of nitrogens with one attached hydrogen (secondary N) is 1. The first-order valence-electron chi connectivity index (χ1n) is 4.99. The molecule has 1 rings (SSSR count). The average molecular weight is 290 g/mol. The summed E-state index contributed by atoms with van der Waals surface area (Å²) in [5.74, 6) is -3.50. The number of sulfonamides is 1. The monoisotopic (exact) mass is 290 g/mol. The van der Waals surface area contributed by atoms with Crippen molar-refractivity contribution in [3.05, 3.63) is 29.6 Å². The zero-order valence-electron chi connectivity index (χ0n) is 9.75. The fourth-order valence-corrected chi connectivity index (χ4v) is 2.06. The zero-order valence-corrected chi connectivity index (χ0v) is 10.6. The lowest BCUT2D eigenvalue weighted by Crippen LogP contribution is -2.32. The molecule has 0 spiro atoms. The van der Waals surface area contributed by atoms with E-state index in [9.17, 15) is 22.4 Å². The molecule has 0 aromatic heterocycles. The molecule has 1 unspecified atom stereocenters. The Labute approximate surface area is 108 Å². The van der Waals surface area contributed by atoms with Gasteiger partial charge in [0.25, 0.3) is 5.91 Å². The van der Waals surface area contributed by atoms with E-state index in [2.05, 4.69) is 0 Å². The van der Waals surface area contributed by atoms with Gasteiger partial charge in [0, 0.05) is 5.69 Å². The van der Waals surface area contributed by atoms with Crippen LogP contribution in [0.2, 0.25) is 0 Å². The number of anilines is 1. The lowest BCUT2D eigenvalue weighted by molar-refractivity contribution is -0.136. The summed E-state index contributed by atoms with van der Waals surface area (Å²) < 4.78 is 38.3. The largest absolute Gasteiger partial charge is 0.480 e. The maximum absolute atomic E-state index is 13.2. The number of hydrogen-bond donors (Lipinski definition) is 3. The molecule has 0 bridgehead atoms. The SMILES string of the molecule is CC(C(=O)O)S(=O)(=O)Nc1ccc(F)c(C(N)=O)c1. The van der Waals surface area contributed by atoms with Gasteiger partial charge in [-0.15, -0.1) is 0 Å². The molecule has 19 heavy (non-hydrogen) atoms. The molecule has 104 valence electrons. The maximum Gasteiger partial charge on any atom is 0.323 e. The number of primary amides is 1. The van der Waals surface area contributed by atoms with Crippen molar-refractivity contribution in [3.8, 4) is 0 Å². The fourth-order valence-electron chi connectivity index (χ4n) is 1.16. The third-order valence-corrected chi connectivity index (χ3v) is 3.96. The van der Waals surface area contributed by atoms with Crippen molar-refractivity contribution in [1.29, 1.82) is 0 Å². The number of carboxylic acid groups (broad SMARTS) is 1. The van der Waals surface area contributed by atoms with Gasteiger partial charge in [-0.2, -0.15) is 0 Å². The van der Waals surface area contributed by atoms with E-state index in [1.807, 2.05) is 4.72 Å². The number of aliphatic carboxylic acids is 1. The Morgan fingerprint density at radius 1 is 1.42 bits per heavy atom. The number of carboxylic acids is 1. The van der Waals surface area contributed by atoms with Gasteiger partial charge in [0.2, 0.25) is 10.0 Å². The van der Waals surface area contributed by atoms with Crippen LogP contribution in [0.15, 0.2) is 18.2 Å². The van der Waals surface area contributed by atoms with Crippen LogP contribution in [0.3, 0.4) is 0 Å². The third-order valence-electron chi connectivity index (χ3n) is 2.31. The zero-order chi connectivity index (χ0) is 14.8. The van der Waals surface area contributed by atoms with Crippen LogP contribution in [-0.4, -0.2) is 30.7 Å². The summed E-state index contributed by atoms with van der Waals surface area (Å²) in [7, 11) is -4.19. The number of carbonyl (C=O) groups is 2. The van der Waals surface area contributed by atoms with Gasteiger partial charge < -0.3 is 10.8 Å². The number of benzene rings is 1. The fraction of sp³-hybridized carbons (Fsp3) is 0.200. The Balaban J connectivity index is 3.11. The number of nitrogens with two attached hydrogens (primary N) is 1. The van der Waals surface area contributed by atoms with Crippen LogP contribution in [0.1, 0.15) is 17.3 Å². The summed E-state index contributed by atoms with van der Waals surface area (Å²) in [6.07, 6.45) is 0. The number of carbonyl (C=O) groups excluding carboxylic acids is 1. The molecule has 0 aliphatic heterocycles. The number of amides is 1.